The molecule has 0 saturated heterocycles. The molecular weight excluding hydrogens is 168 g/mol. The van der Waals surface area contributed by atoms with E-state index < -0.39 is 0 Å². The highest BCUT2D eigenvalue weighted by Crippen LogP contribution is 2.25. The third-order valence-corrected chi connectivity index (χ3v) is 2.37. The first-order valence-electron chi connectivity index (χ1n) is 4.76. The van der Waals surface area contributed by atoms with Crippen molar-refractivity contribution in [1.29, 1.82) is 0 Å². The van der Waals surface area contributed by atoms with Crippen LogP contribution >= 0.6 is 0 Å². The molecule has 4 heteroatoms. The largest absolute Gasteiger partial charge is 0.385 e. The maximum atomic E-state index is 11.3. The molecule has 0 aliphatic heterocycles. The molecule has 1 saturated carbocycles. The highest BCUT2D eigenvalue weighted by Gasteiger charge is 2.31. The molecule has 0 atom stereocenters. The first-order valence-corrected chi connectivity index (χ1v) is 4.76. The maximum absolute atomic E-state index is 11.3. The number of hydrogen-bond donors (Lipinski definition) is 2. The molecule has 1 aliphatic rings. The Morgan fingerprint density at radius 3 is 2.85 bits per heavy atom. The summed E-state index contributed by atoms with van der Waals surface area (Å²) in [6.45, 7) is 1.41. The second kappa shape index (κ2) is 5.19. The molecule has 0 unspecified atom stereocenters. The normalized spacial score (nSPS) is 26.6. The van der Waals surface area contributed by atoms with Crippen LogP contribution in [-0.2, 0) is 9.53 Å². The molecule has 1 aliphatic carbocycles. The third kappa shape index (κ3) is 3.32. The van der Waals surface area contributed by atoms with Gasteiger partial charge in [-0.15, -0.1) is 0 Å². The summed E-state index contributed by atoms with van der Waals surface area (Å²) in [5, 5.41) is 2.87. The van der Waals surface area contributed by atoms with Gasteiger partial charge in [0.1, 0.15) is 0 Å². The number of methoxy groups -OCH3 is 1. The van der Waals surface area contributed by atoms with E-state index in [1.54, 1.807) is 7.11 Å². The monoisotopic (exact) mass is 186 g/mol. The quantitative estimate of drug-likeness (QED) is 0.588. The number of nitrogens with one attached hydrogen (secondary N) is 1. The molecule has 0 aromatic rings. The van der Waals surface area contributed by atoms with Crippen molar-refractivity contribution in [2.24, 2.45) is 11.7 Å². The van der Waals surface area contributed by atoms with E-state index in [4.69, 9.17) is 10.5 Å². The summed E-state index contributed by atoms with van der Waals surface area (Å²) in [7, 11) is 1.66. The molecule has 1 fully saturated rings. The van der Waals surface area contributed by atoms with Crippen molar-refractivity contribution >= 4 is 5.91 Å². The van der Waals surface area contributed by atoms with Crippen LogP contribution in [0.3, 0.4) is 0 Å². The topological polar surface area (TPSA) is 64.3 Å². The van der Waals surface area contributed by atoms with Gasteiger partial charge in [-0.25, -0.2) is 0 Å². The Morgan fingerprint density at radius 2 is 2.31 bits per heavy atom. The van der Waals surface area contributed by atoms with Gasteiger partial charge in [0.15, 0.2) is 0 Å². The number of carbonyl (C=O) groups is 1. The van der Waals surface area contributed by atoms with Gasteiger partial charge < -0.3 is 15.8 Å². The Hall–Kier alpha value is -0.610. The van der Waals surface area contributed by atoms with Crippen LogP contribution in [0, 0.1) is 5.92 Å². The van der Waals surface area contributed by atoms with Crippen LogP contribution < -0.4 is 11.1 Å². The Bertz CT molecular complexity index is 167. The van der Waals surface area contributed by atoms with Crippen molar-refractivity contribution < 1.29 is 9.53 Å². The van der Waals surface area contributed by atoms with Crippen molar-refractivity contribution in [3.63, 3.8) is 0 Å². The van der Waals surface area contributed by atoms with Gasteiger partial charge in [0, 0.05) is 32.2 Å². The van der Waals surface area contributed by atoms with Crippen molar-refractivity contribution in [2.75, 3.05) is 20.3 Å². The molecule has 0 radical (unpaired) electrons. The van der Waals surface area contributed by atoms with Gasteiger partial charge >= 0.3 is 0 Å². The Kier molecular flexibility index (Phi) is 4.18. The number of nitrogens with two attached hydrogens (primary N) is 1. The van der Waals surface area contributed by atoms with E-state index in [2.05, 4.69) is 5.32 Å². The number of ether oxygens (including phenoxy) is 1. The van der Waals surface area contributed by atoms with Crippen LogP contribution in [0.4, 0.5) is 0 Å². The second-order valence-corrected chi connectivity index (χ2v) is 3.57. The SMILES string of the molecule is COCCCNC(=O)C1CC(N)C1. The molecule has 76 valence electrons. The molecule has 0 heterocycles. The van der Waals surface area contributed by atoms with Crippen LogP contribution in [0.1, 0.15) is 19.3 Å². The van der Waals surface area contributed by atoms with Crippen molar-refractivity contribution in [3.8, 4) is 0 Å². The predicted molar refractivity (Wildman–Crippen MR) is 50.2 cm³/mol. The number of hydrogen-bond acceptors (Lipinski definition) is 3. The summed E-state index contributed by atoms with van der Waals surface area (Å²) >= 11 is 0. The lowest BCUT2D eigenvalue weighted by Gasteiger charge is -2.31. The Balaban J connectivity index is 1.99. The lowest BCUT2D eigenvalue weighted by molar-refractivity contribution is -0.127. The molecular formula is C9H18N2O2. The average Bonchev–Trinajstić information content (AvgIpc) is 2.07. The minimum absolute atomic E-state index is 0.151. The lowest BCUT2D eigenvalue weighted by atomic mass is 9.80. The van der Waals surface area contributed by atoms with Crippen LogP contribution in [0.2, 0.25) is 0 Å². The van der Waals surface area contributed by atoms with E-state index in [-0.39, 0.29) is 17.9 Å². The highest BCUT2D eigenvalue weighted by molar-refractivity contribution is 5.79. The van der Waals surface area contributed by atoms with E-state index in [9.17, 15) is 4.79 Å². The molecule has 0 aromatic heterocycles. The molecule has 1 rings (SSSR count). The minimum atomic E-state index is 0.151. The number of amides is 1. The Morgan fingerprint density at radius 1 is 1.62 bits per heavy atom. The molecule has 1 amide bonds. The van der Waals surface area contributed by atoms with E-state index in [0.717, 1.165) is 19.3 Å². The number of carbonyl (C=O) groups excluding carboxylic acids is 1. The Labute approximate surface area is 78.8 Å². The smallest absolute Gasteiger partial charge is 0.223 e. The fourth-order valence-electron chi connectivity index (χ4n) is 1.45. The zero-order chi connectivity index (χ0) is 9.68. The maximum Gasteiger partial charge on any atom is 0.223 e. The zero-order valence-electron chi connectivity index (χ0n) is 8.08. The average molecular weight is 186 g/mol. The predicted octanol–water partition coefficient (Wildman–Crippen LogP) is -0.124. The van der Waals surface area contributed by atoms with Gasteiger partial charge in [0.05, 0.1) is 0 Å². The van der Waals surface area contributed by atoms with Crippen molar-refractivity contribution in [3.05, 3.63) is 0 Å². The van der Waals surface area contributed by atoms with Crippen molar-refractivity contribution in [1.82, 2.24) is 5.32 Å². The fraction of sp³-hybridized carbons (Fsp3) is 0.889. The summed E-state index contributed by atoms with van der Waals surface area (Å²) < 4.78 is 4.87. The summed E-state index contributed by atoms with van der Waals surface area (Å²) in [6, 6.07) is 0.245. The van der Waals surface area contributed by atoms with Crippen LogP contribution in [0.25, 0.3) is 0 Å². The molecule has 3 N–H and O–H groups in total. The summed E-state index contributed by atoms with van der Waals surface area (Å²) in [5.41, 5.74) is 5.58. The van der Waals surface area contributed by atoms with Crippen LogP contribution in [0.5, 0.6) is 0 Å². The van der Waals surface area contributed by atoms with E-state index in [1.165, 1.54) is 0 Å². The van der Waals surface area contributed by atoms with Gasteiger partial charge in [-0.3, -0.25) is 4.79 Å². The summed E-state index contributed by atoms with van der Waals surface area (Å²) in [4.78, 5) is 11.3. The van der Waals surface area contributed by atoms with Gasteiger partial charge in [-0.05, 0) is 19.3 Å². The lowest BCUT2D eigenvalue weighted by Crippen LogP contribution is -2.45. The molecule has 0 bridgehead atoms. The fourth-order valence-corrected chi connectivity index (χ4v) is 1.45. The van der Waals surface area contributed by atoms with Gasteiger partial charge in [0.25, 0.3) is 0 Å². The minimum Gasteiger partial charge on any atom is -0.385 e. The molecule has 0 aromatic carbocycles. The summed E-state index contributed by atoms with van der Waals surface area (Å²) in [5.74, 6) is 0.315. The van der Waals surface area contributed by atoms with Gasteiger partial charge in [-0.1, -0.05) is 0 Å². The zero-order valence-corrected chi connectivity index (χ0v) is 8.08. The van der Waals surface area contributed by atoms with Crippen LogP contribution in [-0.4, -0.2) is 32.2 Å². The first-order chi connectivity index (χ1) is 6.24. The third-order valence-electron chi connectivity index (χ3n) is 2.37. The van der Waals surface area contributed by atoms with Crippen molar-refractivity contribution in [2.45, 2.75) is 25.3 Å². The summed E-state index contributed by atoms with van der Waals surface area (Å²) in [6.07, 6.45) is 2.56. The highest BCUT2D eigenvalue weighted by atomic mass is 16.5. The second-order valence-electron chi connectivity index (χ2n) is 3.57. The van der Waals surface area contributed by atoms with Gasteiger partial charge in [-0.2, -0.15) is 0 Å². The molecule has 0 spiro atoms. The van der Waals surface area contributed by atoms with Crippen LogP contribution in [0.15, 0.2) is 0 Å². The van der Waals surface area contributed by atoms with E-state index in [1.807, 2.05) is 0 Å². The first kappa shape index (κ1) is 10.5. The van der Waals surface area contributed by atoms with Gasteiger partial charge in [0.2, 0.25) is 5.91 Å². The number of rotatable bonds is 5. The standard InChI is InChI=1S/C9H18N2O2/c1-13-4-2-3-11-9(12)7-5-8(10)6-7/h7-8H,2-6,10H2,1H3,(H,11,12). The van der Waals surface area contributed by atoms with E-state index >= 15 is 0 Å². The molecule has 4 nitrogen and oxygen atoms in total. The molecule has 13 heavy (non-hydrogen) atoms. The van der Waals surface area contributed by atoms with E-state index in [0.29, 0.717) is 13.2 Å².